The molecule has 178 valence electrons. The number of allylic oxidation sites excluding steroid dienone is 1. The summed E-state index contributed by atoms with van der Waals surface area (Å²) >= 11 is 0. The van der Waals surface area contributed by atoms with Crippen LogP contribution in [-0.2, 0) is 12.8 Å². The van der Waals surface area contributed by atoms with E-state index in [0.717, 1.165) is 18.8 Å². The standard InChI is InChI=1S/C22H23N.C7H16.C3H6/c1-17-7-5-6-10-21(17)15-18-11-13-19(14-12-18)16-22(23)20-8-3-2-4-9-20;1-4-5-6-7(2)3;1-3-2/h2-14,22H,15-16,23H2,1H3;7H,4-6H2,1-3H3;3H,1H2,2H3. The minimum absolute atomic E-state index is 0.0541. The maximum Gasteiger partial charge on any atom is 0.0335 e. The number of hydrogen-bond donors (Lipinski definition) is 1. The van der Waals surface area contributed by atoms with Crippen molar-refractivity contribution in [2.45, 2.75) is 72.8 Å². The SMILES string of the molecule is C=CC.CCCCC(C)C.Cc1ccccc1Cc1ccc(CC(N)c2ccccc2)cc1. The van der Waals surface area contributed by atoms with E-state index in [1.165, 1.54) is 47.1 Å². The summed E-state index contributed by atoms with van der Waals surface area (Å²) in [5, 5.41) is 0. The van der Waals surface area contributed by atoms with Gasteiger partial charge in [-0.25, -0.2) is 0 Å². The quantitative estimate of drug-likeness (QED) is 0.346. The predicted octanol–water partition coefficient (Wildman–Crippen LogP) is 8.85. The van der Waals surface area contributed by atoms with Crippen LogP contribution in [0.2, 0.25) is 0 Å². The number of nitrogens with two attached hydrogens (primary N) is 1. The fraction of sp³-hybridized carbons (Fsp3) is 0.375. The van der Waals surface area contributed by atoms with Gasteiger partial charge >= 0.3 is 0 Å². The maximum absolute atomic E-state index is 6.31. The van der Waals surface area contributed by atoms with E-state index in [-0.39, 0.29) is 6.04 Å². The molecular formula is C32H45N. The van der Waals surface area contributed by atoms with Crippen molar-refractivity contribution in [3.8, 4) is 0 Å². The predicted molar refractivity (Wildman–Crippen MR) is 148 cm³/mol. The molecule has 1 atom stereocenters. The molecule has 1 unspecified atom stereocenters. The summed E-state index contributed by atoms with van der Waals surface area (Å²) in [7, 11) is 0. The van der Waals surface area contributed by atoms with E-state index in [9.17, 15) is 0 Å². The summed E-state index contributed by atoms with van der Waals surface area (Å²) in [5.74, 6) is 0.903. The second kappa shape index (κ2) is 16.9. The summed E-state index contributed by atoms with van der Waals surface area (Å²) in [4.78, 5) is 0. The highest BCUT2D eigenvalue weighted by Crippen LogP contribution is 2.18. The number of unbranched alkanes of at least 4 members (excludes halogenated alkanes) is 1. The topological polar surface area (TPSA) is 26.0 Å². The van der Waals surface area contributed by atoms with Crippen molar-refractivity contribution in [2.24, 2.45) is 11.7 Å². The molecule has 0 aliphatic carbocycles. The smallest absolute Gasteiger partial charge is 0.0335 e. The lowest BCUT2D eigenvalue weighted by Crippen LogP contribution is -2.13. The lowest BCUT2D eigenvalue weighted by Gasteiger charge is -2.12. The van der Waals surface area contributed by atoms with E-state index in [1.54, 1.807) is 6.08 Å². The molecule has 0 aromatic heterocycles. The van der Waals surface area contributed by atoms with Gasteiger partial charge in [0.15, 0.2) is 0 Å². The molecule has 0 aliphatic heterocycles. The van der Waals surface area contributed by atoms with Gasteiger partial charge < -0.3 is 5.73 Å². The van der Waals surface area contributed by atoms with Crippen LogP contribution in [0.15, 0.2) is 91.5 Å². The van der Waals surface area contributed by atoms with Crippen LogP contribution in [0.4, 0.5) is 0 Å². The number of rotatable bonds is 8. The highest BCUT2D eigenvalue weighted by atomic mass is 14.6. The summed E-state index contributed by atoms with van der Waals surface area (Å²) in [5.41, 5.74) is 12.9. The third kappa shape index (κ3) is 12.2. The Morgan fingerprint density at radius 1 is 0.848 bits per heavy atom. The lowest BCUT2D eigenvalue weighted by molar-refractivity contribution is 0.550. The molecule has 3 rings (SSSR count). The first-order chi connectivity index (χ1) is 15.9. The lowest BCUT2D eigenvalue weighted by atomic mass is 9.96. The van der Waals surface area contributed by atoms with Crippen LogP contribution >= 0.6 is 0 Å². The molecule has 1 nitrogen and oxygen atoms in total. The normalized spacial score (nSPS) is 11.0. The summed E-state index contributed by atoms with van der Waals surface area (Å²) in [6, 6.07) is 27.8. The molecule has 0 amide bonds. The third-order valence-corrected chi connectivity index (χ3v) is 5.50. The second-order valence-electron chi connectivity index (χ2n) is 9.09. The number of benzene rings is 3. The average Bonchev–Trinajstić information content (AvgIpc) is 2.82. The van der Waals surface area contributed by atoms with Gasteiger partial charge in [0.1, 0.15) is 0 Å². The van der Waals surface area contributed by atoms with Crippen molar-refractivity contribution in [3.05, 3.63) is 119 Å². The van der Waals surface area contributed by atoms with Crippen LogP contribution in [0.1, 0.15) is 80.8 Å². The first-order valence-electron chi connectivity index (χ1n) is 12.4. The Kier molecular flexibility index (Phi) is 14.6. The Balaban J connectivity index is 0.000000462. The molecule has 0 saturated heterocycles. The maximum atomic E-state index is 6.31. The van der Waals surface area contributed by atoms with Crippen molar-refractivity contribution in [3.63, 3.8) is 0 Å². The Hall–Kier alpha value is -2.64. The zero-order valence-electron chi connectivity index (χ0n) is 21.6. The molecule has 1 heteroatoms. The fourth-order valence-corrected chi connectivity index (χ4v) is 3.51. The summed E-state index contributed by atoms with van der Waals surface area (Å²) in [6.07, 6.45) is 7.75. The second-order valence-corrected chi connectivity index (χ2v) is 9.09. The van der Waals surface area contributed by atoms with Crippen molar-refractivity contribution in [1.82, 2.24) is 0 Å². The molecule has 0 heterocycles. The van der Waals surface area contributed by atoms with Gasteiger partial charge in [0.25, 0.3) is 0 Å². The Bertz CT molecular complexity index is 878. The van der Waals surface area contributed by atoms with Gasteiger partial charge in [-0.05, 0) is 60.4 Å². The van der Waals surface area contributed by atoms with Crippen LogP contribution in [0.5, 0.6) is 0 Å². The Labute approximate surface area is 203 Å². The van der Waals surface area contributed by atoms with Gasteiger partial charge in [0, 0.05) is 6.04 Å². The van der Waals surface area contributed by atoms with Crippen LogP contribution in [-0.4, -0.2) is 0 Å². The van der Waals surface area contributed by atoms with Gasteiger partial charge in [0.05, 0.1) is 0 Å². The van der Waals surface area contributed by atoms with Crippen molar-refractivity contribution in [1.29, 1.82) is 0 Å². The fourth-order valence-electron chi connectivity index (χ4n) is 3.51. The van der Waals surface area contributed by atoms with Gasteiger partial charge in [-0.2, -0.15) is 0 Å². The van der Waals surface area contributed by atoms with Crippen molar-refractivity contribution in [2.75, 3.05) is 0 Å². The monoisotopic (exact) mass is 443 g/mol. The van der Waals surface area contributed by atoms with Crippen LogP contribution < -0.4 is 5.73 Å². The number of hydrogen-bond acceptors (Lipinski definition) is 1. The first kappa shape index (κ1) is 28.4. The van der Waals surface area contributed by atoms with E-state index in [4.69, 9.17) is 5.73 Å². The molecule has 2 N–H and O–H groups in total. The van der Waals surface area contributed by atoms with E-state index < -0.39 is 0 Å². The zero-order chi connectivity index (χ0) is 24.5. The Morgan fingerprint density at radius 2 is 1.39 bits per heavy atom. The van der Waals surface area contributed by atoms with Gasteiger partial charge in [-0.1, -0.05) is 125 Å². The first-order valence-corrected chi connectivity index (χ1v) is 12.4. The van der Waals surface area contributed by atoms with E-state index >= 15 is 0 Å². The number of aryl methyl sites for hydroxylation is 1. The minimum Gasteiger partial charge on any atom is -0.324 e. The molecule has 0 radical (unpaired) electrons. The highest BCUT2D eigenvalue weighted by Gasteiger charge is 2.07. The highest BCUT2D eigenvalue weighted by molar-refractivity contribution is 5.33. The van der Waals surface area contributed by atoms with Crippen LogP contribution in [0, 0.1) is 12.8 Å². The Morgan fingerprint density at radius 3 is 1.91 bits per heavy atom. The molecule has 0 spiro atoms. The molecular weight excluding hydrogens is 398 g/mol. The summed E-state index contributed by atoms with van der Waals surface area (Å²) in [6.45, 7) is 14.2. The molecule has 0 bridgehead atoms. The van der Waals surface area contributed by atoms with Crippen LogP contribution in [0.3, 0.4) is 0 Å². The van der Waals surface area contributed by atoms with E-state index in [2.05, 4.69) is 94.9 Å². The minimum atomic E-state index is 0.0541. The molecule has 0 aliphatic rings. The third-order valence-electron chi connectivity index (χ3n) is 5.50. The summed E-state index contributed by atoms with van der Waals surface area (Å²) < 4.78 is 0. The van der Waals surface area contributed by atoms with Crippen molar-refractivity contribution >= 4 is 0 Å². The van der Waals surface area contributed by atoms with E-state index in [0.29, 0.717) is 0 Å². The molecule has 3 aromatic rings. The van der Waals surface area contributed by atoms with Gasteiger partial charge in [-0.3, -0.25) is 0 Å². The van der Waals surface area contributed by atoms with Gasteiger partial charge in [-0.15, -0.1) is 6.58 Å². The largest absolute Gasteiger partial charge is 0.324 e. The van der Waals surface area contributed by atoms with Crippen LogP contribution in [0.25, 0.3) is 0 Å². The van der Waals surface area contributed by atoms with Crippen molar-refractivity contribution < 1.29 is 0 Å². The van der Waals surface area contributed by atoms with Gasteiger partial charge in [0.2, 0.25) is 0 Å². The van der Waals surface area contributed by atoms with E-state index in [1.807, 2.05) is 25.1 Å². The molecule has 0 fully saturated rings. The molecule has 3 aromatic carbocycles. The zero-order valence-corrected chi connectivity index (χ0v) is 21.6. The molecule has 33 heavy (non-hydrogen) atoms. The average molecular weight is 444 g/mol. The molecule has 0 saturated carbocycles.